The van der Waals surface area contributed by atoms with Crippen LogP contribution in [0.2, 0.25) is 0 Å². The van der Waals surface area contributed by atoms with Crippen LogP contribution in [0.5, 0.6) is 0 Å². The Kier molecular flexibility index (Phi) is 9.21. The van der Waals surface area contributed by atoms with E-state index in [1.807, 2.05) is 32.0 Å². The van der Waals surface area contributed by atoms with Gasteiger partial charge < -0.3 is 26.4 Å². The molecule has 9 heteroatoms. The molecule has 0 spiro atoms. The highest BCUT2D eigenvalue weighted by atomic mass is 16.5. The van der Waals surface area contributed by atoms with Crippen LogP contribution in [0.4, 0.5) is 4.79 Å². The molecule has 0 fully saturated rings. The van der Waals surface area contributed by atoms with Crippen molar-refractivity contribution in [3.63, 3.8) is 0 Å². The molecule has 0 saturated heterocycles. The number of hydrogen-bond donors (Lipinski definition) is 4. The summed E-state index contributed by atoms with van der Waals surface area (Å²) in [7, 11) is 0. The zero-order valence-corrected chi connectivity index (χ0v) is 16.2. The van der Waals surface area contributed by atoms with Crippen molar-refractivity contribution in [1.29, 1.82) is 0 Å². The first-order valence-corrected chi connectivity index (χ1v) is 8.74. The van der Waals surface area contributed by atoms with Gasteiger partial charge in [-0.1, -0.05) is 44.2 Å². The van der Waals surface area contributed by atoms with Gasteiger partial charge in [-0.15, -0.1) is 0 Å². The van der Waals surface area contributed by atoms with Gasteiger partial charge in [-0.05, 0) is 17.9 Å². The molecule has 28 heavy (non-hydrogen) atoms. The van der Waals surface area contributed by atoms with Gasteiger partial charge in [-0.2, -0.15) is 0 Å². The monoisotopic (exact) mass is 390 g/mol. The Morgan fingerprint density at radius 3 is 2.32 bits per heavy atom. The van der Waals surface area contributed by atoms with Crippen molar-refractivity contribution in [3.05, 3.63) is 47.8 Å². The lowest BCUT2D eigenvalue weighted by Gasteiger charge is -2.20. The molecule has 1 aromatic rings. The van der Waals surface area contributed by atoms with Gasteiger partial charge in [-0.3, -0.25) is 14.4 Å². The fourth-order valence-electron chi connectivity index (χ4n) is 2.17. The van der Waals surface area contributed by atoms with E-state index in [2.05, 4.69) is 16.0 Å². The molecule has 1 rings (SSSR count). The first-order valence-electron chi connectivity index (χ1n) is 8.74. The van der Waals surface area contributed by atoms with E-state index in [0.29, 0.717) is 6.42 Å². The van der Waals surface area contributed by atoms with E-state index in [1.165, 1.54) is 6.92 Å². The highest BCUT2D eigenvalue weighted by molar-refractivity contribution is 5.98. The number of nitrogens with one attached hydrogen (secondary N) is 3. The van der Waals surface area contributed by atoms with E-state index >= 15 is 0 Å². The molecule has 0 aliphatic heterocycles. The van der Waals surface area contributed by atoms with Crippen molar-refractivity contribution in [2.45, 2.75) is 39.8 Å². The Morgan fingerprint density at radius 2 is 1.79 bits per heavy atom. The van der Waals surface area contributed by atoms with E-state index in [4.69, 9.17) is 10.5 Å². The topological polar surface area (TPSA) is 140 Å². The molecule has 152 valence electrons. The third kappa shape index (κ3) is 8.84. The molecule has 0 aromatic heterocycles. The highest BCUT2D eigenvalue weighted by Gasteiger charge is 2.24. The summed E-state index contributed by atoms with van der Waals surface area (Å²) in [5.74, 6) is -1.95. The lowest BCUT2D eigenvalue weighted by atomic mass is 10.0. The van der Waals surface area contributed by atoms with Crippen LogP contribution in [0.3, 0.4) is 0 Å². The van der Waals surface area contributed by atoms with Crippen LogP contribution in [-0.4, -0.2) is 29.9 Å². The lowest BCUT2D eigenvalue weighted by Crippen LogP contribution is -2.48. The van der Waals surface area contributed by atoms with Crippen molar-refractivity contribution >= 4 is 23.8 Å². The van der Waals surface area contributed by atoms with Gasteiger partial charge in [0, 0.05) is 13.1 Å². The summed E-state index contributed by atoms with van der Waals surface area (Å²) >= 11 is 0. The summed E-state index contributed by atoms with van der Waals surface area (Å²) in [6, 6.07) is 8.13. The zero-order valence-electron chi connectivity index (χ0n) is 16.2. The highest BCUT2D eigenvalue weighted by Crippen LogP contribution is 2.07. The molecule has 1 aromatic carbocycles. The second-order valence-electron chi connectivity index (χ2n) is 6.50. The third-order valence-corrected chi connectivity index (χ3v) is 3.47. The van der Waals surface area contributed by atoms with E-state index in [9.17, 15) is 19.2 Å². The van der Waals surface area contributed by atoms with Gasteiger partial charge in [0.25, 0.3) is 5.91 Å². The number of carbonyl (C=O) groups excluding carboxylic acids is 4. The van der Waals surface area contributed by atoms with Gasteiger partial charge in [-0.25, -0.2) is 4.79 Å². The minimum absolute atomic E-state index is 0.0532. The first kappa shape index (κ1) is 22.7. The van der Waals surface area contributed by atoms with Crippen molar-refractivity contribution in [3.8, 4) is 0 Å². The Morgan fingerprint density at radius 1 is 1.14 bits per heavy atom. The quantitative estimate of drug-likeness (QED) is 0.464. The van der Waals surface area contributed by atoms with Crippen LogP contribution in [-0.2, 0) is 25.7 Å². The largest absolute Gasteiger partial charge is 0.445 e. The predicted molar refractivity (Wildman–Crippen MR) is 102 cm³/mol. The van der Waals surface area contributed by atoms with Crippen LogP contribution in [0.25, 0.3) is 0 Å². The second-order valence-corrected chi connectivity index (χ2v) is 6.50. The SMILES string of the molecule is CC(=O)N/C=C(\NC(=O)[C@H](CC(C)C)NC(=O)OCc1ccccc1)C(N)=O. The maximum atomic E-state index is 12.5. The van der Waals surface area contributed by atoms with E-state index in [0.717, 1.165) is 11.8 Å². The summed E-state index contributed by atoms with van der Waals surface area (Å²) < 4.78 is 5.13. The number of carbonyl (C=O) groups is 4. The molecule has 0 aliphatic carbocycles. The maximum absolute atomic E-state index is 12.5. The second kappa shape index (κ2) is 11.4. The lowest BCUT2D eigenvalue weighted by molar-refractivity contribution is -0.124. The minimum atomic E-state index is -0.955. The molecule has 5 N–H and O–H groups in total. The molecular weight excluding hydrogens is 364 g/mol. The zero-order chi connectivity index (χ0) is 21.1. The number of primary amides is 1. The summed E-state index contributed by atoms with van der Waals surface area (Å²) in [5.41, 5.74) is 5.71. The fourth-order valence-corrected chi connectivity index (χ4v) is 2.17. The number of benzene rings is 1. The molecule has 0 saturated carbocycles. The van der Waals surface area contributed by atoms with Crippen molar-refractivity contribution < 1.29 is 23.9 Å². The summed E-state index contributed by atoms with van der Waals surface area (Å²) in [6.45, 7) is 5.04. The average molecular weight is 390 g/mol. The van der Waals surface area contributed by atoms with Crippen LogP contribution in [0.1, 0.15) is 32.8 Å². The van der Waals surface area contributed by atoms with Crippen LogP contribution in [0, 0.1) is 5.92 Å². The number of hydrogen-bond acceptors (Lipinski definition) is 5. The Hall–Kier alpha value is -3.36. The smallest absolute Gasteiger partial charge is 0.408 e. The Balaban J connectivity index is 2.75. The predicted octanol–water partition coefficient (Wildman–Crippen LogP) is 0.906. The third-order valence-electron chi connectivity index (χ3n) is 3.47. The van der Waals surface area contributed by atoms with Crippen molar-refractivity contribution in [1.82, 2.24) is 16.0 Å². The fraction of sp³-hybridized carbons (Fsp3) is 0.368. The average Bonchev–Trinajstić information content (AvgIpc) is 2.62. The number of nitrogens with two attached hydrogens (primary N) is 1. The standard InChI is InChI=1S/C19H26N4O5/c1-12(2)9-15(18(26)22-16(17(20)25)10-21-13(3)24)23-19(27)28-11-14-7-5-4-6-8-14/h4-8,10,12,15H,9,11H2,1-3H3,(H2,20,25)(H,21,24)(H,22,26)(H,23,27)/b16-10-/t15-/m0/s1. The van der Waals surface area contributed by atoms with Gasteiger partial charge in [0.1, 0.15) is 18.3 Å². The summed E-state index contributed by atoms with van der Waals surface area (Å²) in [5, 5.41) is 7.07. The van der Waals surface area contributed by atoms with Crippen molar-refractivity contribution in [2.24, 2.45) is 11.7 Å². The summed E-state index contributed by atoms with van der Waals surface area (Å²) in [4.78, 5) is 47.0. The number of ether oxygens (including phenoxy) is 1. The Labute approximate surface area is 163 Å². The van der Waals surface area contributed by atoms with Crippen molar-refractivity contribution in [2.75, 3.05) is 0 Å². The van der Waals surface area contributed by atoms with Gasteiger partial charge in [0.2, 0.25) is 11.8 Å². The van der Waals surface area contributed by atoms with Gasteiger partial charge in [0.05, 0.1) is 0 Å². The first-order chi connectivity index (χ1) is 13.2. The van der Waals surface area contributed by atoms with E-state index < -0.39 is 29.9 Å². The van der Waals surface area contributed by atoms with E-state index in [-0.39, 0.29) is 18.2 Å². The summed E-state index contributed by atoms with van der Waals surface area (Å²) in [6.07, 6.45) is 0.539. The van der Waals surface area contributed by atoms with Gasteiger partial charge in [0.15, 0.2) is 0 Å². The molecule has 0 aliphatic rings. The van der Waals surface area contributed by atoms with Crippen LogP contribution >= 0.6 is 0 Å². The normalized spacial score (nSPS) is 12.1. The molecular formula is C19H26N4O5. The number of amides is 4. The van der Waals surface area contributed by atoms with Crippen LogP contribution in [0.15, 0.2) is 42.2 Å². The number of alkyl carbamates (subject to hydrolysis) is 1. The van der Waals surface area contributed by atoms with Gasteiger partial charge >= 0.3 is 6.09 Å². The molecule has 0 heterocycles. The van der Waals surface area contributed by atoms with E-state index in [1.54, 1.807) is 12.1 Å². The molecule has 9 nitrogen and oxygen atoms in total. The molecule has 0 bridgehead atoms. The van der Waals surface area contributed by atoms with Crippen LogP contribution < -0.4 is 21.7 Å². The molecule has 0 unspecified atom stereocenters. The number of rotatable bonds is 9. The minimum Gasteiger partial charge on any atom is -0.445 e. The Bertz CT molecular complexity index is 731. The molecule has 0 radical (unpaired) electrons. The maximum Gasteiger partial charge on any atom is 0.408 e. The molecule has 4 amide bonds. The molecule has 1 atom stereocenters.